The van der Waals surface area contributed by atoms with E-state index < -0.39 is 59.0 Å². The molecule has 0 aromatic heterocycles. The molecule has 1 aliphatic rings. The van der Waals surface area contributed by atoms with Gasteiger partial charge in [0, 0.05) is 18.7 Å². The first-order valence-electron chi connectivity index (χ1n) is 15.2. The monoisotopic (exact) mass is 704 g/mol. The highest BCUT2D eigenvalue weighted by atomic mass is 32.2. The van der Waals surface area contributed by atoms with Crippen LogP contribution in [0.5, 0.6) is 0 Å². The fourth-order valence-electron chi connectivity index (χ4n) is 6.04. The maximum atomic E-state index is 14.1. The van der Waals surface area contributed by atoms with Gasteiger partial charge in [-0.05, 0) is 67.5 Å². The van der Waals surface area contributed by atoms with Crippen molar-refractivity contribution in [1.29, 1.82) is 0 Å². The number of amides is 3. The first-order chi connectivity index (χ1) is 22.1. The van der Waals surface area contributed by atoms with Crippen LogP contribution in [0.15, 0.2) is 59.5 Å². The zero-order valence-electron chi connectivity index (χ0n) is 26.5. The van der Waals surface area contributed by atoms with E-state index in [0.717, 1.165) is 33.7 Å². The summed E-state index contributed by atoms with van der Waals surface area (Å²) >= 11 is 0.734. The molecule has 6 N–H and O–H groups in total. The largest absolute Gasteiger partial charge is 0.368 e. The molecule has 1 saturated heterocycles. The SMILES string of the molecule is Cc1cc(C)c(S(=O)(=O)N[C@@H](CSCP(=O)(O)O)C(=O)N2CCCC[C@H]2C(=O)N[C@@H](Cc2ccc3ccccc3c2)C(N)=O)c(C)c1. The Bertz CT molecular complexity index is 1790. The fourth-order valence-corrected chi connectivity index (χ4v) is 9.62. The summed E-state index contributed by atoms with van der Waals surface area (Å²) in [6.07, 6.45) is 1.56. The van der Waals surface area contributed by atoms with Crippen molar-refractivity contribution in [3.63, 3.8) is 0 Å². The predicted molar refractivity (Wildman–Crippen MR) is 182 cm³/mol. The Morgan fingerprint density at radius 3 is 2.30 bits per heavy atom. The van der Waals surface area contributed by atoms with Crippen LogP contribution in [0.3, 0.4) is 0 Å². The molecule has 4 rings (SSSR count). The molecule has 1 heterocycles. The first-order valence-corrected chi connectivity index (χ1v) is 19.6. The van der Waals surface area contributed by atoms with Gasteiger partial charge in [-0.25, -0.2) is 8.42 Å². The van der Waals surface area contributed by atoms with Crippen molar-refractivity contribution in [2.75, 3.05) is 17.8 Å². The molecule has 12 nitrogen and oxygen atoms in total. The molecule has 15 heteroatoms. The molecule has 0 saturated carbocycles. The van der Waals surface area contributed by atoms with Gasteiger partial charge in [0.25, 0.3) is 0 Å². The van der Waals surface area contributed by atoms with Crippen LogP contribution in [-0.4, -0.2) is 76.7 Å². The summed E-state index contributed by atoms with van der Waals surface area (Å²) in [7, 11) is -8.73. The molecule has 0 aliphatic carbocycles. The summed E-state index contributed by atoms with van der Waals surface area (Å²) in [5.41, 5.74) is 7.66. The third kappa shape index (κ3) is 9.65. The molecule has 254 valence electrons. The highest BCUT2D eigenvalue weighted by Gasteiger charge is 2.39. The second-order valence-corrected chi connectivity index (χ2v) is 16.7. The average molecular weight is 705 g/mol. The molecule has 3 aromatic rings. The molecule has 0 unspecified atom stereocenters. The van der Waals surface area contributed by atoms with Crippen LogP contribution in [0.25, 0.3) is 10.8 Å². The van der Waals surface area contributed by atoms with Crippen molar-refractivity contribution in [2.45, 2.75) is 69.5 Å². The number of nitrogens with zero attached hydrogens (tertiary/aromatic N) is 1. The van der Waals surface area contributed by atoms with Crippen LogP contribution in [-0.2, 0) is 35.4 Å². The van der Waals surface area contributed by atoms with E-state index in [1.54, 1.807) is 26.0 Å². The molecule has 1 fully saturated rings. The van der Waals surface area contributed by atoms with E-state index in [9.17, 15) is 37.2 Å². The quantitative estimate of drug-likeness (QED) is 0.166. The van der Waals surface area contributed by atoms with Crippen LogP contribution in [0.4, 0.5) is 0 Å². The van der Waals surface area contributed by atoms with Crippen LogP contribution in [0.2, 0.25) is 0 Å². The van der Waals surface area contributed by atoms with Crippen LogP contribution in [0, 0.1) is 20.8 Å². The molecule has 3 atom stereocenters. The minimum atomic E-state index is -4.46. The lowest BCUT2D eigenvalue weighted by Crippen LogP contribution is -2.60. The number of rotatable bonds is 13. The highest BCUT2D eigenvalue weighted by Crippen LogP contribution is 2.39. The number of sulfonamides is 1. The predicted octanol–water partition coefficient (Wildman–Crippen LogP) is 2.87. The summed E-state index contributed by atoms with van der Waals surface area (Å²) in [5.74, 6) is -2.34. The molecule has 3 aromatic carbocycles. The minimum absolute atomic E-state index is 0.00631. The molecular weight excluding hydrogens is 663 g/mol. The van der Waals surface area contributed by atoms with E-state index in [1.165, 1.54) is 4.90 Å². The summed E-state index contributed by atoms with van der Waals surface area (Å²) in [6.45, 7) is 5.27. The average Bonchev–Trinajstić information content (AvgIpc) is 2.98. The van der Waals surface area contributed by atoms with Gasteiger partial charge in [-0.1, -0.05) is 60.2 Å². The molecule has 0 spiro atoms. The van der Waals surface area contributed by atoms with Gasteiger partial charge in [0.05, 0.1) is 10.4 Å². The number of hydrogen-bond acceptors (Lipinski definition) is 7. The summed E-state index contributed by atoms with van der Waals surface area (Å²) in [6, 6.07) is 13.3. The van der Waals surface area contributed by atoms with Gasteiger partial charge in [-0.15, -0.1) is 11.8 Å². The minimum Gasteiger partial charge on any atom is -0.368 e. The molecule has 47 heavy (non-hydrogen) atoms. The van der Waals surface area contributed by atoms with E-state index in [4.69, 9.17) is 5.73 Å². The molecule has 1 aliphatic heterocycles. The lowest BCUT2D eigenvalue weighted by atomic mass is 9.98. The van der Waals surface area contributed by atoms with Crippen molar-refractivity contribution in [3.05, 3.63) is 76.9 Å². The number of thioether (sulfide) groups is 1. The van der Waals surface area contributed by atoms with E-state index in [0.29, 0.717) is 24.0 Å². The van der Waals surface area contributed by atoms with E-state index in [1.807, 2.05) is 49.4 Å². The van der Waals surface area contributed by atoms with Gasteiger partial charge in [-0.2, -0.15) is 4.72 Å². The smallest absolute Gasteiger partial charge is 0.335 e. The topological polar surface area (TPSA) is 196 Å². The number of benzene rings is 3. The number of fused-ring (bicyclic) bond motifs is 1. The number of nitrogens with two attached hydrogens (primary N) is 1. The second-order valence-electron chi connectivity index (χ2n) is 12.0. The van der Waals surface area contributed by atoms with Crippen LogP contribution >= 0.6 is 19.4 Å². The normalized spacial score (nSPS) is 16.9. The molecular formula is C32H41N4O8PS2. The maximum Gasteiger partial charge on any atom is 0.335 e. The number of likely N-dealkylation sites (tertiary alicyclic amines) is 1. The Morgan fingerprint density at radius 1 is 1.00 bits per heavy atom. The third-order valence-electron chi connectivity index (χ3n) is 8.02. The number of hydrogen-bond donors (Lipinski definition) is 5. The standard InChI is InChI=1S/C32H41N4O8PS2/c1-20-14-21(2)29(22(3)15-20)47(43,44)35-27(18-46-19-45(40,41)42)32(39)36-13-7-6-10-28(36)31(38)34-26(30(33)37)17-23-11-12-24-8-4-5-9-25(24)16-23/h4-5,8-9,11-12,14-16,26-28,35H,6-7,10,13,17-19H2,1-3H3,(H2,33,37)(H,34,38)(H2,40,41,42)/t26-,27-,28-/m0/s1. The van der Waals surface area contributed by atoms with Crippen molar-refractivity contribution < 1.29 is 37.2 Å². The highest BCUT2D eigenvalue weighted by molar-refractivity contribution is 8.04. The second kappa shape index (κ2) is 15.3. The Balaban J connectivity index is 1.57. The number of piperidine rings is 1. The van der Waals surface area contributed by atoms with Gasteiger partial charge in [-0.3, -0.25) is 18.9 Å². The zero-order valence-corrected chi connectivity index (χ0v) is 29.0. The first kappa shape index (κ1) is 36.6. The van der Waals surface area contributed by atoms with Crippen molar-refractivity contribution in [2.24, 2.45) is 5.73 Å². The van der Waals surface area contributed by atoms with E-state index in [-0.39, 0.29) is 30.0 Å². The lowest BCUT2D eigenvalue weighted by Gasteiger charge is -2.37. The number of nitrogens with one attached hydrogen (secondary N) is 2. The lowest BCUT2D eigenvalue weighted by molar-refractivity contribution is -0.143. The van der Waals surface area contributed by atoms with Gasteiger partial charge < -0.3 is 25.7 Å². The Hall–Kier alpha value is -3.26. The molecule has 3 amide bonds. The van der Waals surface area contributed by atoms with Gasteiger partial charge in [0.15, 0.2) is 0 Å². The number of primary amides is 1. The maximum absolute atomic E-state index is 14.1. The molecule has 0 bridgehead atoms. The van der Waals surface area contributed by atoms with Gasteiger partial charge in [0.1, 0.15) is 18.1 Å². The van der Waals surface area contributed by atoms with E-state index >= 15 is 0 Å². The summed E-state index contributed by atoms with van der Waals surface area (Å²) < 4.78 is 41.3. The van der Waals surface area contributed by atoms with Gasteiger partial charge >= 0.3 is 7.60 Å². The fraction of sp³-hybridized carbons (Fsp3) is 0.406. The van der Waals surface area contributed by atoms with Crippen molar-refractivity contribution in [3.8, 4) is 0 Å². The Kier molecular flexibility index (Phi) is 11.9. The molecule has 0 radical (unpaired) electrons. The number of carbonyl (C=O) groups is 3. The van der Waals surface area contributed by atoms with Crippen molar-refractivity contribution >= 4 is 57.9 Å². The third-order valence-corrected chi connectivity index (χ3v) is 12.4. The Morgan fingerprint density at radius 2 is 1.66 bits per heavy atom. The summed E-state index contributed by atoms with van der Waals surface area (Å²) in [5, 5.41) is 4.69. The van der Waals surface area contributed by atoms with E-state index in [2.05, 4.69) is 10.0 Å². The number of aryl methyl sites for hydroxylation is 3. The Labute approximate surface area is 279 Å². The van der Waals surface area contributed by atoms with Crippen molar-refractivity contribution in [1.82, 2.24) is 14.9 Å². The zero-order chi connectivity index (χ0) is 34.5. The summed E-state index contributed by atoms with van der Waals surface area (Å²) in [4.78, 5) is 60.3. The number of carbonyl (C=O) groups excluding carboxylic acids is 3. The van der Waals surface area contributed by atoms with Gasteiger partial charge in [0.2, 0.25) is 27.7 Å². The van der Waals surface area contributed by atoms with Crippen LogP contribution < -0.4 is 15.8 Å². The van der Waals surface area contributed by atoms with Crippen LogP contribution in [0.1, 0.15) is 41.5 Å².